The molecule has 0 aliphatic carbocycles. The van der Waals surface area contributed by atoms with Gasteiger partial charge in [0.25, 0.3) is 0 Å². The second-order valence-electron chi connectivity index (χ2n) is 4.53. The minimum absolute atomic E-state index is 0.0296. The van der Waals surface area contributed by atoms with E-state index < -0.39 is 11.7 Å². The number of rotatable bonds is 4. The fourth-order valence-corrected chi connectivity index (χ4v) is 1.83. The highest BCUT2D eigenvalue weighted by atomic mass is 19.4. The van der Waals surface area contributed by atoms with Gasteiger partial charge in [0.1, 0.15) is 18.6 Å². The Morgan fingerprint density at radius 2 is 2.00 bits per heavy atom. The molecule has 0 aliphatic rings. The molecule has 0 spiro atoms. The van der Waals surface area contributed by atoms with Gasteiger partial charge >= 0.3 is 6.18 Å². The Morgan fingerprint density at radius 3 is 2.62 bits per heavy atom. The van der Waals surface area contributed by atoms with Gasteiger partial charge in [0.15, 0.2) is 0 Å². The Hall–Kier alpha value is -2.37. The number of pyridine rings is 1. The van der Waals surface area contributed by atoms with Crippen LogP contribution in [0.15, 0.2) is 36.7 Å². The van der Waals surface area contributed by atoms with E-state index >= 15 is 0 Å². The van der Waals surface area contributed by atoms with Crippen molar-refractivity contribution < 1.29 is 22.7 Å². The molecule has 0 radical (unpaired) electrons. The van der Waals surface area contributed by atoms with Crippen LogP contribution in [0.1, 0.15) is 27.0 Å². The van der Waals surface area contributed by atoms with E-state index in [1.54, 1.807) is 12.3 Å². The van der Waals surface area contributed by atoms with Crippen molar-refractivity contribution in [2.24, 2.45) is 0 Å². The molecule has 0 saturated heterocycles. The second kappa shape index (κ2) is 5.95. The molecule has 3 nitrogen and oxygen atoms in total. The number of aryl methyl sites for hydroxylation is 1. The van der Waals surface area contributed by atoms with Gasteiger partial charge in [0.05, 0.1) is 5.56 Å². The number of hydrogen-bond donors (Lipinski definition) is 0. The number of carbonyl (C=O) groups is 1. The molecule has 1 aromatic heterocycles. The summed E-state index contributed by atoms with van der Waals surface area (Å²) < 4.78 is 44.1. The molecule has 21 heavy (non-hydrogen) atoms. The first-order chi connectivity index (χ1) is 9.90. The summed E-state index contributed by atoms with van der Waals surface area (Å²) in [6.07, 6.45) is -1.05. The number of ether oxygens (including phenoxy) is 1. The highest BCUT2D eigenvalue weighted by Crippen LogP contribution is 2.36. The maximum absolute atomic E-state index is 12.9. The Bertz CT molecular complexity index is 654. The number of carbonyl (C=O) groups excluding carboxylic acids is 1. The lowest BCUT2D eigenvalue weighted by Crippen LogP contribution is -2.09. The first-order valence-corrected chi connectivity index (χ1v) is 6.10. The number of alkyl halides is 3. The Labute approximate surface area is 119 Å². The largest absolute Gasteiger partial charge is 0.488 e. The zero-order valence-corrected chi connectivity index (χ0v) is 11.1. The van der Waals surface area contributed by atoms with Crippen LogP contribution in [0.25, 0.3) is 0 Å². The van der Waals surface area contributed by atoms with E-state index in [1.165, 1.54) is 12.3 Å². The van der Waals surface area contributed by atoms with E-state index in [0.717, 1.165) is 17.7 Å². The summed E-state index contributed by atoms with van der Waals surface area (Å²) in [5.74, 6) is -0.311. The minimum Gasteiger partial charge on any atom is -0.488 e. The standard InChI is InChI=1S/C15H12F3NO2/c1-10-4-12(7-19-6-10)9-21-14-3-2-11(8-20)5-13(14)15(16,17)18/h2-8H,9H2,1H3. The molecule has 0 fully saturated rings. The lowest BCUT2D eigenvalue weighted by atomic mass is 10.1. The van der Waals surface area contributed by atoms with Crippen LogP contribution < -0.4 is 4.74 Å². The molecule has 0 saturated carbocycles. The van der Waals surface area contributed by atoms with Crippen molar-refractivity contribution >= 4 is 6.29 Å². The minimum atomic E-state index is -4.58. The maximum Gasteiger partial charge on any atom is 0.419 e. The molecule has 6 heteroatoms. The predicted octanol–water partition coefficient (Wildman–Crippen LogP) is 3.80. The molecule has 0 amide bonds. The molecule has 2 rings (SSSR count). The molecule has 2 aromatic rings. The zero-order chi connectivity index (χ0) is 15.5. The van der Waals surface area contributed by atoms with Crippen molar-refractivity contribution in [1.82, 2.24) is 4.98 Å². The predicted molar refractivity (Wildman–Crippen MR) is 70.1 cm³/mol. The van der Waals surface area contributed by atoms with Gasteiger partial charge < -0.3 is 4.74 Å². The fourth-order valence-electron chi connectivity index (χ4n) is 1.83. The Morgan fingerprint density at radius 1 is 1.24 bits per heavy atom. The van der Waals surface area contributed by atoms with E-state index in [0.29, 0.717) is 11.8 Å². The number of hydrogen-bond acceptors (Lipinski definition) is 3. The summed E-state index contributed by atoms with van der Waals surface area (Å²) in [6.45, 7) is 1.80. The van der Waals surface area contributed by atoms with Crippen molar-refractivity contribution in [3.63, 3.8) is 0 Å². The van der Waals surface area contributed by atoms with Crippen LogP contribution >= 0.6 is 0 Å². The average Bonchev–Trinajstić information content (AvgIpc) is 2.44. The van der Waals surface area contributed by atoms with E-state index in [-0.39, 0.29) is 17.9 Å². The molecule has 110 valence electrons. The van der Waals surface area contributed by atoms with Crippen LogP contribution in [-0.4, -0.2) is 11.3 Å². The third-order valence-electron chi connectivity index (χ3n) is 2.77. The van der Waals surface area contributed by atoms with Crippen LogP contribution in [0.3, 0.4) is 0 Å². The molecular formula is C15H12F3NO2. The molecule has 1 heterocycles. The highest BCUT2D eigenvalue weighted by Gasteiger charge is 2.34. The van der Waals surface area contributed by atoms with Gasteiger partial charge in [-0.1, -0.05) is 0 Å². The molecule has 0 unspecified atom stereocenters. The van der Waals surface area contributed by atoms with Crippen LogP contribution in [0.2, 0.25) is 0 Å². The number of aldehydes is 1. The zero-order valence-electron chi connectivity index (χ0n) is 11.1. The Balaban J connectivity index is 2.25. The maximum atomic E-state index is 12.9. The van der Waals surface area contributed by atoms with Gasteiger partial charge in [-0.05, 0) is 36.8 Å². The highest BCUT2D eigenvalue weighted by molar-refractivity contribution is 5.75. The number of benzene rings is 1. The van der Waals surface area contributed by atoms with Crippen LogP contribution in [0.4, 0.5) is 13.2 Å². The van der Waals surface area contributed by atoms with E-state index in [2.05, 4.69) is 4.98 Å². The summed E-state index contributed by atoms with van der Waals surface area (Å²) in [5, 5.41) is 0. The molecule has 0 atom stereocenters. The van der Waals surface area contributed by atoms with Gasteiger partial charge in [-0.3, -0.25) is 9.78 Å². The van der Waals surface area contributed by atoms with Gasteiger partial charge in [-0.2, -0.15) is 13.2 Å². The normalized spacial score (nSPS) is 11.2. The van der Waals surface area contributed by atoms with E-state index in [9.17, 15) is 18.0 Å². The van der Waals surface area contributed by atoms with E-state index in [4.69, 9.17) is 4.74 Å². The number of halogens is 3. The summed E-state index contributed by atoms with van der Waals surface area (Å²) in [6, 6.07) is 4.98. The van der Waals surface area contributed by atoms with Gasteiger partial charge in [0.2, 0.25) is 0 Å². The first kappa shape index (κ1) is 15.0. The topological polar surface area (TPSA) is 39.2 Å². The average molecular weight is 295 g/mol. The van der Waals surface area contributed by atoms with Gasteiger partial charge in [-0.25, -0.2) is 0 Å². The van der Waals surface area contributed by atoms with Gasteiger partial charge in [0, 0.05) is 23.5 Å². The second-order valence-corrected chi connectivity index (χ2v) is 4.53. The molecular weight excluding hydrogens is 283 g/mol. The molecule has 0 aliphatic heterocycles. The van der Waals surface area contributed by atoms with Crippen molar-refractivity contribution in [3.05, 3.63) is 58.9 Å². The molecule has 1 aromatic carbocycles. The van der Waals surface area contributed by atoms with Crippen molar-refractivity contribution in [2.75, 3.05) is 0 Å². The first-order valence-electron chi connectivity index (χ1n) is 6.10. The lowest BCUT2D eigenvalue weighted by Gasteiger charge is -2.14. The van der Waals surface area contributed by atoms with Crippen LogP contribution in [0, 0.1) is 6.92 Å². The molecule has 0 N–H and O–H groups in total. The summed E-state index contributed by atoms with van der Waals surface area (Å²) in [4.78, 5) is 14.5. The Kier molecular flexibility index (Phi) is 4.26. The summed E-state index contributed by atoms with van der Waals surface area (Å²) in [5.41, 5.74) is 0.547. The van der Waals surface area contributed by atoms with Crippen LogP contribution in [0.5, 0.6) is 5.75 Å². The van der Waals surface area contributed by atoms with Gasteiger partial charge in [-0.15, -0.1) is 0 Å². The monoisotopic (exact) mass is 295 g/mol. The quantitative estimate of drug-likeness (QED) is 0.805. The smallest absolute Gasteiger partial charge is 0.419 e. The molecule has 0 bridgehead atoms. The van der Waals surface area contributed by atoms with E-state index in [1.807, 2.05) is 6.92 Å². The van der Waals surface area contributed by atoms with Crippen LogP contribution in [-0.2, 0) is 12.8 Å². The van der Waals surface area contributed by atoms with Crippen molar-refractivity contribution in [1.29, 1.82) is 0 Å². The third-order valence-corrected chi connectivity index (χ3v) is 2.77. The summed E-state index contributed by atoms with van der Waals surface area (Å²) in [7, 11) is 0. The van der Waals surface area contributed by atoms with Crippen molar-refractivity contribution in [2.45, 2.75) is 19.7 Å². The third kappa shape index (κ3) is 3.81. The SMILES string of the molecule is Cc1cncc(COc2ccc(C=O)cc2C(F)(F)F)c1. The van der Waals surface area contributed by atoms with Crippen molar-refractivity contribution in [3.8, 4) is 5.75 Å². The fraction of sp³-hybridized carbons (Fsp3) is 0.200. The number of nitrogens with zero attached hydrogens (tertiary/aromatic N) is 1. The summed E-state index contributed by atoms with van der Waals surface area (Å²) >= 11 is 0. The number of aromatic nitrogens is 1. The lowest BCUT2D eigenvalue weighted by molar-refractivity contribution is -0.139.